The van der Waals surface area contributed by atoms with Crippen LogP contribution < -0.4 is 5.73 Å². The summed E-state index contributed by atoms with van der Waals surface area (Å²) in [5.41, 5.74) is 6.19. The van der Waals surface area contributed by atoms with Crippen molar-refractivity contribution in [3.05, 3.63) is 47.5 Å². The second-order valence-corrected chi connectivity index (χ2v) is 3.49. The molecule has 1 aromatic heterocycles. The first-order valence-corrected chi connectivity index (χ1v) is 4.74. The van der Waals surface area contributed by atoms with Crippen LogP contribution in [0.2, 0.25) is 0 Å². The van der Waals surface area contributed by atoms with E-state index in [0.717, 1.165) is 0 Å². The van der Waals surface area contributed by atoms with E-state index in [1.54, 1.807) is 25.1 Å². The molecule has 0 bridgehead atoms. The number of hydrogen-bond donors (Lipinski definition) is 1. The minimum Gasteiger partial charge on any atom is -0.451 e. The van der Waals surface area contributed by atoms with Crippen LogP contribution in [-0.4, -0.2) is 5.91 Å². The fraction of sp³-hybridized carbons (Fsp3) is 0.0833. The number of rotatable bonds is 2. The van der Waals surface area contributed by atoms with Gasteiger partial charge in [0, 0.05) is 5.56 Å². The van der Waals surface area contributed by atoms with E-state index in [1.165, 1.54) is 12.1 Å². The Bertz CT molecular complexity index is 546. The van der Waals surface area contributed by atoms with Gasteiger partial charge in [-0.25, -0.2) is 4.39 Å². The van der Waals surface area contributed by atoms with E-state index in [4.69, 9.17) is 10.2 Å². The van der Waals surface area contributed by atoms with Crippen LogP contribution in [0.4, 0.5) is 4.39 Å². The van der Waals surface area contributed by atoms with E-state index in [2.05, 4.69) is 0 Å². The Kier molecular flexibility index (Phi) is 2.48. The molecule has 16 heavy (non-hydrogen) atoms. The van der Waals surface area contributed by atoms with Crippen molar-refractivity contribution in [1.82, 2.24) is 0 Å². The molecule has 0 atom stereocenters. The highest BCUT2D eigenvalue weighted by atomic mass is 19.1. The molecule has 0 aliphatic heterocycles. The lowest BCUT2D eigenvalue weighted by atomic mass is 10.1. The summed E-state index contributed by atoms with van der Waals surface area (Å²) in [5, 5.41) is 0. The van der Waals surface area contributed by atoms with E-state index < -0.39 is 5.91 Å². The number of carbonyl (C=O) groups is 1. The van der Waals surface area contributed by atoms with Crippen LogP contribution in [0.1, 0.15) is 16.1 Å². The van der Waals surface area contributed by atoms with Crippen molar-refractivity contribution in [2.24, 2.45) is 5.73 Å². The molecule has 0 spiro atoms. The van der Waals surface area contributed by atoms with Crippen LogP contribution >= 0.6 is 0 Å². The minimum atomic E-state index is -0.640. The SMILES string of the molecule is Cc1ccc(-c2ccc(C(N)=O)o2)cc1F. The number of hydrogen-bond acceptors (Lipinski definition) is 2. The summed E-state index contributed by atoms with van der Waals surface area (Å²) in [4.78, 5) is 10.8. The lowest BCUT2D eigenvalue weighted by Crippen LogP contribution is -2.09. The Hall–Kier alpha value is -2.10. The van der Waals surface area contributed by atoms with Crippen molar-refractivity contribution < 1.29 is 13.6 Å². The summed E-state index contributed by atoms with van der Waals surface area (Å²) < 4.78 is 18.5. The Morgan fingerprint density at radius 1 is 1.31 bits per heavy atom. The van der Waals surface area contributed by atoms with Gasteiger partial charge in [0.1, 0.15) is 11.6 Å². The fourth-order valence-electron chi connectivity index (χ4n) is 1.37. The molecule has 0 fully saturated rings. The summed E-state index contributed by atoms with van der Waals surface area (Å²) in [6, 6.07) is 7.79. The fourth-order valence-corrected chi connectivity index (χ4v) is 1.37. The second-order valence-electron chi connectivity index (χ2n) is 3.49. The van der Waals surface area contributed by atoms with Crippen LogP contribution in [0.3, 0.4) is 0 Å². The Morgan fingerprint density at radius 3 is 2.62 bits per heavy atom. The van der Waals surface area contributed by atoms with Gasteiger partial charge in [-0.1, -0.05) is 12.1 Å². The molecule has 0 aliphatic rings. The number of aryl methyl sites for hydroxylation is 1. The standard InChI is InChI=1S/C12H10FNO2/c1-7-2-3-8(6-9(7)13)10-4-5-11(16-10)12(14)15/h2-6H,1H3,(H2,14,15). The molecule has 1 amide bonds. The molecule has 2 rings (SSSR count). The topological polar surface area (TPSA) is 56.2 Å². The smallest absolute Gasteiger partial charge is 0.284 e. The van der Waals surface area contributed by atoms with Crippen LogP contribution in [0.15, 0.2) is 34.7 Å². The van der Waals surface area contributed by atoms with Crippen LogP contribution in [0.25, 0.3) is 11.3 Å². The molecule has 0 saturated carbocycles. The van der Waals surface area contributed by atoms with Crippen molar-refractivity contribution in [3.8, 4) is 11.3 Å². The Labute approximate surface area is 91.7 Å². The van der Waals surface area contributed by atoms with Crippen LogP contribution in [-0.2, 0) is 0 Å². The van der Waals surface area contributed by atoms with Crippen LogP contribution in [0, 0.1) is 12.7 Å². The molecule has 4 heteroatoms. The molecule has 2 N–H and O–H groups in total. The van der Waals surface area contributed by atoms with E-state index in [-0.39, 0.29) is 11.6 Å². The number of amides is 1. The molecular weight excluding hydrogens is 209 g/mol. The summed E-state index contributed by atoms with van der Waals surface area (Å²) in [5.74, 6) is -0.461. The predicted octanol–water partition coefficient (Wildman–Crippen LogP) is 2.49. The molecule has 1 aromatic carbocycles. The maximum Gasteiger partial charge on any atom is 0.284 e. The number of halogens is 1. The summed E-state index contributed by atoms with van der Waals surface area (Å²) in [7, 11) is 0. The molecule has 1 heterocycles. The molecule has 0 saturated heterocycles. The summed E-state index contributed by atoms with van der Waals surface area (Å²) >= 11 is 0. The highest BCUT2D eigenvalue weighted by Crippen LogP contribution is 2.23. The molecule has 0 radical (unpaired) electrons. The normalized spacial score (nSPS) is 10.4. The first-order chi connectivity index (χ1) is 7.58. The lowest BCUT2D eigenvalue weighted by molar-refractivity contribution is 0.0974. The molecular formula is C12H10FNO2. The van der Waals surface area contributed by atoms with Crippen molar-refractivity contribution in [1.29, 1.82) is 0 Å². The lowest BCUT2D eigenvalue weighted by Gasteiger charge is -1.99. The van der Waals surface area contributed by atoms with Gasteiger partial charge in [-0.2, -0.15) is 0 Å². The average molecular weight is 219 g/mol. The van der Waals surface area contributed by atoms with Crippen molar-refractivity contribution in [2.75, 3.05) is 0 Å². The number of carbonyl (C=O) groups excluding carboxylic acids is 1. The largest absolute Gasteiger partial charge is 0.451 e. The average Bonchev–Trinajstić information content (AvgIpc) is 2.71. The van der Waals surface area contributed by atoms with Gasteiger partial charge < -0.3 is 10.2 Å². The van der Waals surface area contributed by atoms with Gasteiger partial charge in [0.05, 0.1) is 0 Å². The third kappa shape index (κ3) is 1.82. The minimum absolute atomic E-state index is 0.0657. The Morgan fingerprint density at radius 2 is 2.06 bits per heavy atom. The highest BCUT2D eigenvalue weighted by Gasteiger charge is 2.09. The molecule has 2 aromatic rings. The van der Waals surface area contributed by atoms with E-state index in [1.807, 2.05) is 0 Å². The van der Waals surface area contributed by atoms with E-state index >= 15 is 0 Å². The predicted molar refractivity (Wildman–Crippen MR) is 57.4 cm³/mol. The zero-order valence-corrected chi connectivity index (χ0v) is 8.66. The maximum absolute atomic E-state index is 13.3. The quantitative estimate of drug-likeness (QED) is 0.843. The summed E-state index contributed by atoms with van der Waals surface area (Å²) in [6.07, 6.45) is 0. The molecule has 0 unspecified atom stereocenters. The van der Waals surface area contributed by atoms with Gasteiger partial charge in [0.2, 0.25) is 0 Å². The third-order valence-electron chi connectivity index (χ3n) is 2.31. The van der Waals surface area contributed by atoms with Crippen molar-refractivity contribution >= 4 is 5.91 Å². The zero-order chi connectivity index (χ0) is 11.7. The van der Waals surface area contributed by atoms with Gasteiger partial charge in [0.25, 0.3) is 5.91 Å². The van der Waals surface area contributed by atoms with Gasteiger partial charge in [-0.3, -0.25) is 4.79 Å². The first kappa shape index (κ1) is 10.4. The Balaban J connectivity index is 2.42. The van der Waals surface area contributed by atoms with Crippen LogP contribution in [0.5, 0.6) is 0 Å². The number of furan rings is 1. The molecule has 3 nitrogen and oxygen atoms in total. The maximum atomic E-state index is 13.3. The van der Waals surface area contributed by atoms with Crippen molar-refractivity contribution in [2.45, 2.75) is 6.92 Å². The third-order valence-corrected chi connectivity index (χ3v) is 2.31. The van der Waals surface area contributed by atoms with Gasteiger partial charge in [-0.15, -0.1) is 0 Å². The number of primary amides is 1. The highest BCUT2D eigenvalue weighted by molar-refractivity contribution is 5.90. The zero-order valence-electron chi connectivity index (χ0n) is 8.66. The molecule has 82 valence electrons. The molecule has 0 aliphatic carbocycles. The van der Waals surface area contributed by atoms with Gasteiger partial charge in [-0.05, 0) is 30.7 Å². The van der Waals surface area contributed by atoms with E-state index in [9.17, 15) is 9.18 Å². The monoisotopic (exact) mass is 219 g/mol. The van der Waals surface area contributed by atoms with Gasteiger partial charge >= 0.3 is 0 Å². The summed E-state index contributed by atoms with van der Waals surface area (Å²) in [6.45, 7) is 1.68. The van der Waals surface area contributed by atoms with Gasteiger partial charge in [0.15, 0.2) is 5.76 Å². The number of nitrogens with two attached hydrogens (primary N) is 1. The van der Waals surface area contributed by atoms with E-state index in [0.29, 0.717) is 16.9 Å². The second kappa shape index (κ2) is 3.81. The number of benzene rings is 1. The van der Waals surface area contributed by atoms with Crippen molar-refractivity contribution in [3.63, 3.8) is 0 Å². The first-order valence-electron chi connectivity index (χ1n) is 4.74.